The minimum absolute atomic E-state index is 0.0125. The van der Waals surface area contributed by atoms with Gasteiger partial charge in [-0.25, -0.2) is 0 Å². The van der Waals surface area contributed by atoms with Gasteiger partial charge < -0.3 is 16.0 Å². The van der Waals surface area contributed by atoms with E-state index < -0.39 is 24.0 Å². The summed E-state index contributed by atoms with van der Waals surface area (Å²) in [5.74, 6) is -0.574. The summed E-state index contributed by atoms with van der Waals surface area (Å²) in [4.78, 5) is 12.9. The van der Waals surface area contributed by atoms with Gasteiger partial charge in [-0.2, -0.15) is 13.2 Å². The quantitative estimate of drug-likeness (QED) is 0.728. The van der Waals surface area contributed by atoms with Gasteiger partial charge in [-0.1, -0.05) is 0 Å². The number of hydrogen-bond acceptors (Lipinski definition) is 3. The van der Waals surface area contributed by atoms with Crippen LogP contribution in [-0.4, -0.2) is 48.7 Å². The largest absolute Gasteiger partial charge is 0.390 e. The fraction of sp³-hybridized carbons (Fsp3) is 0.909. The van der Waals surface area contributed by atoms with E-state index in [0.717, 1.165) is 0 Å². The summed E-state index contributed by atoms with van der Waals surface area (Å²) in [5, 5.41) is 2.99. The number of primary amides is 1. The van der Waals surface area contributed by atoms with E-state index in [0.29, 0.717) is 0 Å². The third kappa shape index (κ3) is 6.80. The van der Waals surface area contributed by atoms with Crippen LogP contribution >= 0.6 is 0 Å². The lowest BCUT2D eigenvalue weighted by molar-refractivity contribution is -0.138. The van der Waals surface area contributed by atoms with E-state index in [1.807, 2.05) is 13.8 Å². The summed E-state index contributed by atoms with van der Waals surface area (Å²) in [6, 6.07) is 0.0125. The van der Waals surface area contributed by atoms with Crippen LogP contribution in [0, 0.1) is 0 Å². The van der Waals surface area contributed by atoms with E-state index in [1.165, 1.54) is 11.9 Å². The molecule has 0 aromatic rings. The number of carbonyl (C=O) groups excluding carboxylic acids is 1. The van der Waals surface area contributed by atoms with Gasteiger partial charge in [-0.3, -0.25) is 4.79 Å². The Morgan fingerprint density at radius 1 is 1.39 bits per heavy atom. The Morgan fingerprint density at radius 2 is 1.89 bits per heavy atom. The lowest BCUT2D eigenvalue weighted by Gasteiger charge is -2.33. The van der Waals surface area contributed by atoms with Crippen LogP contribution in [0.1, 0.15) is 27.2 Å². The molecule has 0 aliphatic carbocycles. The maximum atomic E-state index is 12.1. The molecule has 4 nitrogen and oxygen atoms in total. The van der Waals surface area contributed by atoms with Crippen LogP contribution in [0.3, 0.4) is 0 Å². The van der Waals surface area contributed by atoms with Crippen LogP contribution < -0.4 is 11.1 Å². The SMILES string of the molecule is CC(C)NC(C)(CN(C)CCC(F)(F)F)C(N)=O. The predicted octanol–water partition coefficient (Wildman–Crippen LogP) is 1.11. The Balaban J connectivity index is 4.46. The van der Waals surface area contributed by atoms with Crippen LogP contribution in [0.4, 0.5) is 13.2 Å². The normalized spacial score (nSPS) is 16.1. The lowest BCUT2D eigenvalue weighted by Crippen LogP contribution is -2.61. The van der Waals surface area contributed by atoms with Crippen molar-refractivity contribution in [3.8, 4) is 0 Å². The van der Waals surface area contributed by atoms with Crippen LogP contribution in [0.2, 0.25) is 0 Å². The second kappa shape index (κ2) is 6.38. The second-order valence-electron chi connectivity index (χ2n) is 5.10. The van der Waals surface area contributed by atoms with Gasteiger partial charge in [0.1, 0.15) is 5.54 Å². The Hall–Kier alpha value is -0.820. The number of amides is 1. The maximum Gasteiger partial charge on any atom is 0.390 e. The first-order valence-corrected chi connectivity index (χ1v) is 5.79. The number of carbonyl (C=O) groups is 1. The first-order valence-electron chi connectivity index (χ1n) is 5.79. The molecular weight excluding hydrogens is 247 g/mol. The van der Waals surface area contributed by atoms with Crippen molar-refractivity contribution < 1.29 is 18.0 Å². The molecule has 0 saturated carbocycles. The van der Waals surface area contributed by atoms with Gasteiger partial charge in [0, 0.05) is 19.1 Å². The number of nitrogens with zero attached hydrogens (tertiary/aromatic N) is 1. The van der Waals surface area contributed by atoms with Crippen molar-refractivity contribution in [2.24, 2.45) is 5.73 Å². The minimum atomic E-state index is -4.19. The predicted molar refractivity (Wildman–Crippen MR) is 64.0 cm³/mol. The number of halogens is 3. The molecule has 1 amide bonds. The summed E-state index contributed by atoms with van der Waals surface area (Å²) in [6.07, 6.45) is -5.09. The summed E-state index contributed by atoms with van der Waals surface area (Å²) < 4.78 is 36.3. The molecule has 7 heteroatoms. The van der Waals surface area contributed by atoms with Crippen molar-refractivity contribution >= 4 is 5.91 Å². The molecule has 0 radical (unpaired) electrons. The molecule has 1 atom stereocenters. The molecule has 0 aliphatic heterocycles. The topological polar surface area (TPSA) is 58.4 Å². The van der Waals surface area contributed by atoms with E-state index in [4.69, 9.17) is 5.73 Å². The molecule has 1 unspecified atom stereocenters. The van der Waals surface area contributed by atoms with Gasteiger partial charge in [0.2, 0.25) is 5.91 Å². The molecule has 0 rings (SSSR count). The van der Waals surface area contributed by atoms with Crippen LogP contribution in [0.25, 0.3) is 0 Å². The van der Waals surface area contributed by atoms with E-state index in [9.17, 15) is 18.0 Å². The number of alkyl halides is 3. The third-order valence-corrected chi connectivity index (χ3v) is 2.51. The molecule has 0 bridgehead atoms. The highest BCUT2D eigenvalue weighted by Crippen LogP contribution is 2.20. The van der Waals surface area contributed by atoms with Crippen molar-refractivity contribution in [3.63, 3.8) is 0 Å². The fourth-order valence-corrected chi connectivity index (χ4v) is 1.77. The van der Waals surface area contributed by atoms with Crippen LogP contribution in [-0.2, 0) is 4.79 Å². The van der Waals surface area contributed by atoms with Crippen LogP contribution in [0.15, 0.2) is 0 Å². The summed E-state index contributed by atoms with van der Waals surface area (Å²) in [6.45, 7) is 5.26. The molecule has 0 saturated heterocycles. The molecule has 0 spiro atoms. The van der Waals surface area contributed by atoms with Crippen molar-refractivity contribution in [2.45, 2.75) is 44.9 Å². The highest BCUT2D eigenvalue weighted by Gasteiger charge is 2.34. The molecule has 3 N–H and O–H groups in total. The molecule has 0 fully saturated rings. The van der Waals surface area contributed by atoms with Gasteiger partial charge in [0.15, 0.2) is 0 Å². The second-order valence-corrected chi connectivity index (χ2v) is 5.10. The van der Waals surface area contributed by atoms with Crippen molar-refractivity contribution in [3.05, 3.63) is 0 Å². The van der Waals surface area contributed by atoms with E-state index in [1.54, 1.807) is 6.92 Å². The Morgan fingerprint density at radius 3 is 2.22 bits per heavy atom. The Labute approximate surface area is 106 Å². The summed E-state index contributed by atoms with van der Waals surface area (Å²) >= 11 is 0. The zero-order valence-corrected chi connectivity index (χ0v) is 11.3. The van der Waals surface area contributed by atoms with Gasteiger partial charge in [-0.15, -0.1) is 0 Å². The van der Waals surface area contributed by atoms with E-state index in [2.05, 4.69) is 5.32 Å². The Kier molecular flexibility index (Phi) is 6.09. The van der Waals surface area contributed by atoms with Crippen molar-refractivity contribution in [2.75, 3.05) is 20.1 Å². The number of rotatable bonds is 7. The van der Waals surface area contributed by atoms with Crippen molar-refractivity contribution in [1.82, 2.24) is 10.2 Å². The fourth-order valence-electron chi connectivity index (χ4n) is 1.77. The smallest absolute Gasteiger partial charge is 0.368 e. The van der Waals surface area contributed by atoms with E-state index >= 15 is 0 Å². The zero-order valence-electron chi connectivity index (χ0n) is 11.3. The average Bonchev–Trinajstić information content (AvgIpc) is 2.11. The number of nitrogens with one attached hydrogen (secondary N) is 1. The zero-order chi connectivity index (χ0) is 14.6. The molecule has 0 aliphatic rings. The standard InChI is InChI=1S/C11H22F3N3O/c1-8(2)16-10(3,9(15)18)7-17(4)6-5-11(12,13)14/h8,16H,5-7H2,1-4H3,(H2,15,18). The number of hydrogen-bond donors (Lipinski definition) is 2. The molecule has 108 valence electrons. The third-order valence-electron chi connectivity index (χ3n) is 2.51. The maximum absolute atomic E-state index is 12.1. The average molecular weight is 269 g/mol. The first-order chi connectivity index (χ1) is 7.96. The molecule has 0 aromatic carbocycles. The van der Waals surface area contributed by atoms with Gasteiger partial charge in [0.05, 0.1) is 6.42 Å². The summed E-state index contributed by atoms with van der Waals surface area (Å²) in [5.41, 5.74) is 4.27. The van der Waals surface area contributed by atoms with Crippen LogP contribution in [0.5, 0.6) is 0 Å². The Bertz CT molecular complexity index is 281. The summed E-state index contributed by atoms with van der Waals surface area (Å²) in [7, 11) is 1.54. The molecule has 18 heavy (non-hydrogen) atoms. The highest BCUT2D eigenvalue weighted by atomic mass is 19.4. The van der Waals surface area contributed by atoms with Gasteiger partial charge in [0.25, 0.3) is 0 Å². The van der Waals surface area contributed by atoms with Crippen molar-refractivity contribution in [1.29, 1.82) is 0 Å². The highest BCUT2D eigenvalue weighted by molar-refractivity contribution is 5.84. The number of nitrogens with two attached hydrogens (primary N) is 1. The molecule has 0 aromatic heterocycles. The first kappa shape index (κ1) is 17.2. The van der Waals surface area contributed by atoms with Gasteiger partial charge in [-0.05, 0) is 27.8 Å². The monoisotopic (exact) mass is 269 g/mol. The molecule has 0 heterocycles. The minimum Gasteiger partial charge on any atom is -0.368 e. The number of likely N-dealkylation sites (N-methyl/N-ethyl adjacent to an activating group) is 1. The molecular formula is C11H22F3N3O. The van der Waals surface area contributed by atoms with Gasteiger partial charge >= 0.3 is 6.18 Å². The lowest BCUT2D eigenvalue weighted by atomic mass is 9.99. The van der Waals surface area contributed by atoms with E-state index in [-0.39, 0.29) is 19.1 Å².